The fraction of sp³-hybridized carbons (Fsp3) is 0.148. The molecule has 1 N–H and O–H groups in total. The molecule has 194 valence electrons. The van der Waals surface area contributed by atoms with Crippen molar-refractivity contribution in [3.8, 4) is 5.75 Å². The van der Waals surface area contributed by atoms with Gasteiger partial charge in [-0.25, -0.2) is 13.2 Å². The Bertz CT molecular complexity index is 1400. The molecule has 0 bridgehead atoms. The average molecular weight is 532 g/mol. The van der Waals surface area contributed by atoms with Gasteiger partial charge in [0.2, 0.25) is 0 Å². The topological polar surface area (TPSA) is 83.9 Å². The maximum atomic E-state index is 13.5. The van der Waals surface area contributed by atoms with E-state index in [0.29, 0.717) is 16.7 Å². The molecule has 0 amide bonds. The molecule has 0 fully saturated rings. The van der Waals surface area contributed by atoms with Crippen molar-refractivity contribution in [3.05, 3.63) is 108 Å². The minimum Gasteiger partial charge on any atom is -0.487 e. The Morgan fingerprint density at radius 3 is 2.27 bits per heavy atom. The van der Waals surface area contributed by atoms with Crippen LogP contribution in [0.25, 0.3) is 6.08 Å². The summed E-state index contributed by atoms with van der Waals surface area (Å²) in [7, 11) is -4.17. The van der Waals surface area contributed by atoms with Crippen LogP contribution in [0.3, 0.4) is 0 Å². The zero-order chi connectivity index (χ0) is 27.2. The third-order valence-electron chi connectivity index (χ3n) is 5.09. The number of alkyl halides is 3. The molecule has 3 rings (SSSR count). The second-order valence-corrected chi connectivity index (χ2v) is 10.0. The van der Waals surface area contributed by atoms with Gasteiger partial charge in [0, 0.05) is 6.08 Å². The third kappa shape index (κ3) is 7.23. The number of carbonyl (C=O) groups is 1. The van der Waals surface area contributed by atoms with Gasteiger partial charge in [-0.05, 0) is 54.5 Å². The Labute approximate surface area is 213 Å². The number of carboxylic acid groups (broad SMARTS) is 1. The van der Waals surface area contributed by atoms with Crippen molar-refractivity contribution in [2.75, 3.05) is 10.8 Å². The first kappa shape index (κ1) is 27.5. The fourth-order valence-corrected chi connectivity index (χ4v) is 4.89. The standard InChI is InChI=1S/C27H24F3NO5S/c1-19(2)17-31(37(34,35)23-6-4-3-5-7-23)24-14-13-22(27(28,29)30)16-25(24)36-18-21-10-8-20(9-11-21)12-15-26(32)33/h3-16H,1,17-18H2,2H3,(H,32,33)/b15-12+. The van der Waals surface area contributed by atoms with Crippen LogP contribution in [-0.2, 0) is 27.6 Å². The number of sulfonamides is 1. The minimum absolute atomic E-state index is 0.0351. The van der Waals surface area contributed by atoms with Gasteiger partial charge >= 0.3 is 12.1 Å². The van der Waals surface area contributed by atoms with E-state index in [9.17, 15) is 26.4 Å². The number of aliphatic carboxylic acids is 1. The maximum absolute atomic E-state index is 13.5. The van der Waals surface area contributed by atoms with E-state index in [4.69, 9.17) is 9.84 Å². The average Bonchev–Trinajstić information content (AvgIpc) is 2.85. The molecule has 37 heavy (non-hydrogen) atoms. The van der Waals surface area contributed by atoms with E-state index in [1.165, 1.54) is 18.2 Å². The quantitative estimate of drug-likeness (QED) is 0.251. The summed E-state index contributed by atoms with van der Waals surface area (Å²) in [6.07, 6.45) is -2.31. The lowest BCUT2D eigenvalue weighted by Gasteiger charge is -2.27. The van der Waals surface area contributed by atoms with Crippen molar-refractivity contribution < 1.29 is 36.2 Å². The molecule has 0 spiro atoms. The highest BCUT2D eigenvalue weighted by Gasteiger charge is 2.34. The first-order valence-electron chi connectivity index (χ1n) is 10.9. The maximum Gasteiger partial charge on any atom is 0.416 e. The highest BCUT2D eigenvalue weighted by molar-refractivity contribution is 7.92. The van der Waals surface area contributed by atoms with Gasteiger partial charge < -0.3 is 9.84 Å². The molecule has 10 heteroatoms. The van der Waals surface area contributed by atoms with Crippen molar-refractivity contribution in [1.82, 2.24) is 0 Å². The molecule has 0 heterocycles. The number of benzene rings is 3. The summed E-state index contributed by atoms with van der Waals surface area (Å²) >= 11 is 0. The summed E-state index contributed by atoms with van der Waals surface area (Å²) < 4.78 is 74.2. The molecule has 3 aromatic carbocycles. The van der Waals surface area contributed by atoms with E-state index < -0.39 is 27.7 Å². The van der Waals surface area contributed by atoms with Gasteiger partial charge in [0.05, 0.1) is 22.7 Å². The summed E-state index contributed by atoms with van der Waals surface area (Å²) in [5, 5.41) is 8.74. The number of anilines is 1. The summed E-state index contributed by atoms with van der Waals surface area (Å²) in [6, 6.07) is 16.7. The van der Waals surface area contributed by atoms with Crippen molar-refractivity contribution in [3.63, 3.8) is 0 Å². The SMILES string of the molecule is C=C(C)CN(c1ccc(C(F)(F)F)cc1OCc1ccc(/C=C/C(=O)O)cc1)S(=O)(=O)c1ccccc1. The Morgan fingerprint density at radius 1 is 1.05 bits per heavy atom. The van der Waals surface area contributed by atoms with E-state index in [-0.39, 0.29) is 29.5 Å². The third-order valence-corrected chi connectivity index (χ3v) is 6.87. The lowest BCUT2D eigenvalue weighted by molar-refractivity contribution is -0.137. The first-order chi connectivity index (χ1) is 17.4. The van der Waals surface area contributed by atoms with Crippen LogP contribution in [0, 0.1) is 0 Å². The van der Waals surface area contributed by atoms with Crippen molar-refractivity contribution in [2.24, 2.45) is 0 Å². The van der Waals surface area contributed by atoms with E-state index in [0.717, 1.165) is 28.6 Å². The van der Waals surface area contributed by atoms with Crippen LogP contribution >= 0.6 is 0 Å². The smallest absolute Gasteiger partial charge is 0.416 e. The summed E-state index contributed by atoms with van der Waals surface area (Å²) in [5.74, 6) is -1.38. The molecular formula is C27H24F3NO5S. The number of halogens is 3. The van der Waals surface area contributed by atoms with E-state index in [2.05, 4.69) is 6.58 Å². The van der Waals surface area contributed by atoms with Crippen LogP contribution in [0.15, 0.2) is 95.9 Å². The molecule has 0 aliphatic rings. The zero-order valence-electron chi connectivity index (χ0n) is 19.8. The van der Waals surface area contributed by atoms with Gasteiger partial charge in [0.1, 0.15) is 12.4 Å². The normalized spacial score (nSPS) is 11.9. The molecule has 0 saturated heterocycles. The molecule has 0 saturated carbocycles. The van der Waals surface area contributed by atoms with Crippen LogP contribution in [0.2, 0.25) is 0 Å². The van der Waals surface area contributed by atoms with E-state index in [1.54, 1.807) is 49.4 Å². The molecule has 0 atom stereocenters. The minimum atomic E-state index is -4.67. The highest BCUT2D eigenvalue weighted by Crippen LogP contribution is 2.39. The molecule has 0 unspecified atom stereocenters. The van der Waals surface area contributed by atoms with Crippen molar-refractivity contribution in [1.29, 1.82) is 0 Å². The number of ether oxygens (including phenoxy) is 1. The van der Waals surface area contributed by atoms with Crippen LogP contribution in [0.4, 0.5) is 18.9 Å². The number of hydrogen-bond donors (Lipinski definition) is 1. The van der Waals surface area contributed by atoms with Gasteiger partial charge in [-0.15, -0.1) is 0 Å². The van der Waals surface area contributed by atoms with Gasteiger partial charge in [-0.3, -0.25) is 4.31 Å². The Balaban J connectivity index is 2.02. The van der Waals surface area contributed by atoms with E-state index in [1.807, 2.05) is 0 Å². The van der Waals surface area contributed by atoms with Crippen molar-refractivity contribution in [2.45, 2.75) is 24.6 Å². The molecule has 0 aliphatic carbocycles. The number of hydrogen-bond acceptors (Lipinski definition) is 4. The largest absolute Gasteiger partial charge is 0.487 e. The molecule has 6 nitrogen and oxygen atoms in total. The lowest BCUT2D eigenvalue weighted by Crippen LogP contribution is -2.33. The van der Waals surface area contributed by atoms with Crippen LogP contribution in [0.1, 0.15) is 23.6 Å². The van der Waals surface area contributed by atoms with E-state index >= 15 is 0 Å². The lowest BCUT2D eigenvalue weighted by atomic mass is 10.1. The van der Waals surface area contributed by atoms with Crippen LogP contribution in [-0.4, -0.2) is 26.0 Å². The highest BCUT2D eigenvalue weighted by atomic mass is 32.2. The van der Waals surface area contributed by atoms with Crippen LogP contribution in [0.5, 0.6) is 5.75 Å². The van der Waals surface area contributed by atoms with Gasteiger partial charge in [0.15, 0.2) is 0 Å². The molecule has 0 aromatic heterocycles. The van der Waals surface area contributed by atoms with Crippen LogP contribution < -0.4 is 9.04 Å². The Kier molecular flexibility index (Phi) is 8.44. The molecular weight excluding hydrogens is 507 g/mol. The summed E-state index contributed by atoms with van der Waals surface area (Å²) in [6.45, 7) is 5.04. The van der Waals surface area contributed by atoms with Gasteiger partial charge in [0.25, 0.3) is 10.0 Å². The second-order valence-electron chi connectivity index (χ2n) is 8.16. The summed E-state index contributed by atoms with van der Waals surface area (Å²) in [5.41, 5.74) is 0.588. The monoisotopic (exact) mass is 531 g/mol. The van der Waals surface area contributed by atoms with Gasteiger partial charge in [-0.1, -0.05) is 54.6 Å². The second kappa shape index (κ2) is 11.3. The number of nitrogens with zero attached hydrogens (tertiary/aromatic N) is 1. The van der Waals surface area contributed by atoms with Gasteiger partial charge in [-0.2, -0.15) is 13.2 Å². The molecule has 0 aliphatic heterocycles. The Hall–Kier alpha value is -4.05. The number of carboxylic acids is 1. The predicted octanol–water partition coefficient (Wildman–Crippen LogP) is 6.15. The zero-order valence-corrected chi connectivity index (χ0v) is 20.6. The fourth-order valence-electron chi connectivity index (χ4n) is 3.33. The molecule has 3 aromatic rings. The summed E-state index contributed by atoms with van der Waals surface area (Å²) in [4.78, 5) is 10.6. The number of rotatable bonds is 10. The first-order valence-corrected chi connectivity index (χ1v) is 12.4. The molecule has 0 radical (unpaired) electrons. The predicted molar refractivity (Wildman–Crippen MR) is 135 cm³/mol. The van der Waals surface area contributed by atoms with Crippen molar-refractivity contribution >= 4 is 27.8 Å². The Morgan fingerprint density at radius 2 is 1.70 bits per heavy atom.